The SMILES string of the molecule is COCC(=O)NC(C)c1ccc(CN)cc1. The van der Waals surface area contributed by atoms with Gasteiger partial charge < -0.3 is 15.8 Å². The minimum Gasteiger partial charge on any atom is -0.375 e. The summed E-state index contributed by atoms with van der Waals surface area (Å²) in [5.41, 5.74) is 7.65. The first-order valence-electron chi connectivity index (χ1n) is 5.24. The standard InChI is InChI=1S/C12H18N2O2/c1-9(14-12(15)8-16-2)11-5-3-10(7-13)4-6-11/h3-6,9H,7-8,13H2,1-2H3,(H,14,15). The van der Waals surface area contributed by atoms with E-state index in [1.165, 1.54) is 7.11 Å². The topological polar surface area (TPSA) is 64.3 Å². The highest BCUT2D eigenvalue weighted by Crippen LogP contribution is 2.12. The average Bonchev–Trinajstić information content (AvgIpc) is 2.29. The molecule has 16 heavy (non-hydrogen) atoms. The van der Waals surface area contributed by atoms with Crippen LogP contribution in [0.15, 0.2) is 24.3 Å². The fourth-order valence-corrected chi connectivity index (χ4v) is 1.44. The predicted octanol–water partition coefficient (Wildman–Crippen LogP) is 0.969. The number of hydrogen-bond acceptors (Lipinski definition) is 3. The zero-order valence-electron chi connectivity index (χ0n) is 9.69. The Balaban J connectivity index is 2.58. The second kappa shape index (κ2) is 6.25. The maximum Gasteiger partial charge on any atom is 0.246 e. The molecule has 0 saturated carbocycles. The minimum atomic E-state index is -0.113. The van der Waals surface area contributed by atoms with Crippen LogP contribution in [0.5, 0.6) is 0 Å². The second-order valence-corrected chi connectivity index (χ2v) is 3.67. The van der Waals surface area contributed by atoms with E-state index in [1.54, 1.807) is 0 Å². The Morgan fingerprint density at radius 3 is 2.56 bits per heavy atom. The van der Waals surface area contributed by atoms with E-state index in [0.29, 0.717) is 6.54 Å². The van der Waals surface area contributed by atoms with Gasteiger partial charge in [-0.25, -0.2) is 0 Å². The maximum atomic E-state index is 11.3. The number of nitrogens with two attached hydrogens (primary N) is 1. The lowest BCUT2D eigenvalue weighted by atomic mass is 10.1. The Labute approximate surface area is 95.8 Å². The number of methoxy groups -OCH3 is 1. The van der Waals surface area contributed by atoms with Crippen LogP contribution in [-0.4, -0.2) is 19.6 Å². The van der Waals surface area contributed by atoms with Gasteiger partial charge in [0.2, 0.25) is 5.91 Å². The monoisotopic (exact) mass is 222 g/mol. The molecule has 4 heteroatoms. The molecule has 0 radical (unpaired) electrons. The third-order valence-electron chi connectivity index (χ3n) is 2.37. The molecule has 1 aromatic carbocycles. The number of carbonyl (C=O) groups excluding carboxylic acids is 1. The molecule has 0 heterocycles. The van der Waals surface area contributed by atoms with Crippen molar-refractivity contribution < 1.29 is 9.53 Å². The fraction of sp³-hybridized carbons (Fsp3) is 0.417. The van der Waals surface area contributed by atoms with Crippen molar-refractivity contribution in [1.82, 2.24) is 5.32 Å². The van der Waals surface area contributed by atoms with E-state index in [1.807, 2.05) is 31.2 Å². The predicted molar refractivity (Wildman–Crippen MR) is 62.8 cm³/mol. The number of benzene rings is 1. The summed E-state index contributed by atoms with van der Waals surface area (Å²) < 4.78 is 4.75. The third kappa shape index (κ3) is 3.64. The molecule has 1 atom stereocenters. The smallest absolute Gasteiger partial charge is 0.246 e. The van der Waals surface area contributed by atoms with Crippen molar-refractivity contribution in [2.75, 3.05) is 13.7 Å². The molecule has 0 bridgehead atoms. The van der Waals surface area contributed by atoms with Gasteiger partial charge in [0.15, 0.2) is 0 Å². The van der Waals surface area contributed by atoms with Crippen molar-refractivity contribution >= 4 is 5.91 Å². The van der Waals surface area contributed by atoms with Gasteiger partial charge in [-0.3, -0.25) is 4.79 Å². The van der Waals surface area contributed by atoms with Crippen LogP contribution < -0.4 is 11.1 Å². The van der Waals surface area contributed by atoms with E-state index in [-0.39, 0.29) is 18.6 Å². The number of hydrogen-bond donors (Lipinski definition) is 2. The first-order valence-corrected chi connectivity index (χ1v) is 5.24. The average molecular weight is 222 g/mol. The molecule has 0 aliphatic carbocycles. The molecule has 0 aromatic heterocycles. The van der Waals surface area contributed by atoms with E-state index in [2.05, 4.69) is 5.32 Å². The van der Waals surface area contributed by atoms with E-state index < -0.39 is 0 Å². The zero-order valence-corrected chi connectivity index (χ0v) is 9.69. The highest BCUT2D eigenvalue weighted by atomic mass is 16.5. The van der Waals surface area contributed by atoms with E-state index >= 15 is 0 Å². The lowest BCUT2D eigenvalue weighted by Crippen LogP contribution is -2.29. The first kappa shape index (κ1) is 12.7. The molecule has 1 unspecified atom stereocenters. The van der Waals surface area contributed by atoms with Gasteiger partial charge in [0.05, 0.1) is 6.04 Å². The summed E-state index contributed by atoms with van der Waals surface area (Å²) in [5, 5.41) is 2.84. The highest BCUT2D eigenvalue weighted by molar-refractivity contribution is 5.77. The number of amides is 1. The Morgan fingerprint density at radius 1 is 1.44 bits per heavy atom. The minimum absolute atomic E-state index is 0.0190. The molecular formula is C12H18N2O2. The number of ether oxygens (including phenoxy) is 1. The maximum absolute atomic E-state index is 11.3. The largest absolute Gasteiger partial charge is 0.375 e. The summed E-state index contributed by atoms with van der Waals surface area (Å²) in [4.78, 5) is 11.3. The van der Waals surface area contributed by atoms with E-state index in [9.17, 15) is 4.79 Å². The molecule has 1 aromatic rings. The molecule has 0 aliphatic rings. The van der Waals surface area contributed by atoms with Crippen molar-refractivity contribution in [3.05, 3.63) is 35.4 Å². The van der Waals surface area contributed by atoms with Gasteiger partial charge in [-0.1, -0.05) is 24.3 Å². The molecule has 0 fully saturated rings. The van der Waals surface area contributed by atoms with Crippen molar-refractivity contribution in [1.29, 1.82) is 0 Å². The van der Waals surface area contributed by atoms with Crippen LogP contribution in [0.4, 0.5) is 0 Å². The summed E-state index contributed by atoms with van der Waals surface area (Å²) in [6, 6.07) is 7.86. The molecule has 0 spiro atoms. The highest BCUT2D eigenvalue weighted by Gasteiger charge is 2.08. The fourth-order valence-electron chi connectivity index (χ4n) is 1.44. The van der Waals surface area contributed by atoms with E-state index in [4.69, 9.17) is 10.5 Å². The van der Waals surface area contributed by atoms with Gasteiger partial charge in [0.1, 0.15) is 6.61 Å². The van der Waals surface area contributed by atoms with Crippen molar-refractivity contribution in [2.24, 2.45) is 5.73 Å². The van der Waals surface area contributed by atoms with Crippen LogP contribution in [0, 0.1) is 0 Å². The van der Waals surface area contributed by atoms with Gasteiger partial charge >= 0.3 is 0 Å². The molecule has 4 nitrogen and oxygen atoms in total. The summed E-state index contributed by atoms with van der Waals surface area (Å²) in [6.07, 6.45) is 0. The lowest BCUT2D eigenvalue weighted by molar-refractivity contribution is -0.125. The quantitative estimate of drug-likeness (QED) is 0.780. The van der Waals surface area contributed by atoms with Crippen LogP contribution in [0.3, 0.4) is 0 Å². The van der Waals surface area contributed by atoms with E-state index in [0.717, 1.165) is 11.1 Å². The first-order chi connectivity index (χ1) is 7.67. The van der Waals surface area contributed by atoms with Gasteiger partial charge in [-0.2, -0.15) is 0 Å². The Kier molecular flexibility index (Phi) is 4.95. The van der Waals surface area contributed by atoms with Gasteiger partial charge in [-0.05, 0) is 18.1 Å². The molecule has 0 saturated heterocycles. The van der Waals surface area contributed by atoms with Crippen molar-refractivity contribution in [3.8, 4) is 0 Å². The van der Waals surface area contributed by atoms with Crippen LogP contribution in [0.2, 0.25) is 0 Å². The summed E-state index contributed by atoms with van der Waals surface area (Å²) in [5.74, 6) is -0.113. The molecular weight excluding hydrogens is 204 g/mol. The molecule has 3 N–H and O–H groups in total. The van der Waals surface area contributed by atoms with Gasteiger partial charge in [0, 0.05) is 13.7 Å². The van der Waals surface area contributed by atoms with Crippen LogP contribution in [-0.2, 0) is 16.1 Å². The molecule has 0 aliphatic heterocycles. The molecule has 88 valence electrons. The summed E-state index contributed by atoms with van der Waals surface area (Å²) >= 11 is 0. The number of rotatable bonds is 5. The summed E-state index contributed by atoms with van der Waals surface area (Å²) in [7, 11) is 1.50. The van der Waals surface area contributed by atoms with Gasteiger partial charge in [-0.15, -0.1) is 0 Å². The molecule has 1 amide bonds. The number of carbonyl (C=O) groups is 1. The Hall–Kier alpha value is -1.39. The Morgan fingerprint density at radius 2 is 2.06 bits per heavy atom. The van der Waals surface area contributed by atoms with Crippen molar-refractivity contribution in [2.45, 2.75) is 19.5 Å². The van der Waals surface area contributed by atoms with Crippen LogP contribution in [0.25, 0.3) is 0 Å². The summed E-state index contributed by atoms with van der Waals surface area (Å²) in [6.45, 7) is 2.56. The van der Waals surface area contributed by atoms with Crippen molar-refractivity contribution in [3.63, 3.8) is 0 Å². The Bertz CT molecular complexity index is 335. The third-order valence-corrected chi connectivity index (χ3v) is 2.37. The second-order valence-electron chi connectivity index (χ2n) is 3.67. The van der Waals surface area contributed by atoms with Crippen LogP contribution >= 0.6 is 0 Å². The zero-order chi connectivity index (χ0) is 12.0. The lowest BCUT2D eigenvalue weighted by Gasteiger charge is -2.14. The van der Waals surface area contributed by atoms with Crippen LogP contribution in [0.1, 0.15) is 24.1 Å². The molecule has 1 rings (SSSR count). The van der Waals surface area contributed by atoms with Gasteiger partial charge in [0.25, 0.3) is 0 Å². The normalized spacial score (nSPS) is 12.2. The number of nitrogens with one attached hydrogen (secondary N) is 1.